The van der Waals surface area contributed by atoms with Crippen molar-refractivity contribution in [1.29, 1.82) is 0 Å². The van der Waals surface area contributed by atoms with Crippen LogP contribution in [0.3, 0.4) is 0 Å². The Bertz CT molecular complexity index is 467. The number of esters is 1. The Kier molecular flexibility index (Phi) is 5.48. The zero-order valence-electron chi connectivity index (χ0n) is 12.7. The third kappa shape index (κ3) is 5.15. The molecule has 0 atom stereocenters. The standard InChI is InChI=1S/C15H22FNO3/c1-10(2)13-14(11(16)6-8-17-13)19-9-7-12(18)20-15(3,4)5/h6,8,10H,7,9H2,1-5H3. The molecule has 0 aromatic carbocycles. The first-order valence-electron chi connectivity index (χ1n) is 6.69. The van der Waals surface area contributed by atoms with Crippen molar-refractivity contribution >= 4 is 5.97 Å². The third-order valence-corrected chi connectivity index (χ3v) is 2.40. The molecule has 0 aliphatic rings. The number of pyridine rings is 1. The van der Waals surface area contributed by atoms with Crippen LogP contribution in [0.1, 0.15) is 52.7 Å². The molecule has 112 valence electrons. The highest BCUT2D eigenvalue weighted by molar-refractivity contribution is 5.70. The molecule has 0 saturated heterocycles. The molecule has 5 heteroatoms. The maximum Gasteiger partial charge on any atom is 0.309 e. The van der Waals surface area contributed by atoms with Crippen LogP contribution in [0.2, 0.25) is 0 Å². The van der Waals surface area contributed by atoms with Crippen molar-refractivity contribution in [3.8, 4) is 5.75 Å². The molecule has 1 heterocycles. The largest absolute Gasteiger partial charge is 0.488 e. The quantitative estimate of drug-likeness (QED) is 0.776. The molecule has 0 spiro atoms. The second-order valence-electron chi connectivity index (χ2n) is 5.85. The minimum absolute atomic E-state index is 0.0437. The molecule has 0 radical (unpaired) electrons. The number of aromatic nitrogens is 1. The highest BCUT2D eigenvalue weighted by atomic mass is 19.1. The lowest BCUT2D eigenvalue weighted by atomic mass is 10.1. The van der Waals surface area contributed by atoms with Crippen LogP contribution in [0.5, 0.6) is 5.75 Å². The fourth-order valence-corrected chi connectivity index (χ4v) is 1.62. The van der Waals surface area contributed by atoms with Crippen LogP contribution in [0.15, 0.2) is 12.3 Å². The van der Waals surface area contributed by atoms with E-state index in [4.69, 9.17) is 9.47 Å². The van der Waals surface area contributed by atoms with E-state index < -0.39 is 11.4 Å². The van der Waals surface area contributed by atoms with E-state index in [1.165, 1.54) is 12.3 Å². The average molecular weight is 283 g/mol. The monoisotopic (exact) mass is 283 g/mol. The summed E-state index contributed by atoms with van der Waals surface area (Å²) in [5, 5.41) is 0. The number of ether oxygens (including phenoxy) is 2. The molecule has 0 fully saturated rings. The summed E-state index contributed by atoms with van der Waals surface area (Å²) in [5.74, 6) is -0.672. The van der Waals surface area contributed by atoms with Gasteiger partial charge >= 0.3 is 5.97 Å². The highest BCUT2D eigenvalue weighted by Crippen LogP contribution is 2.27. The van der Waals surface area contributed by atoms with Crippen molar-refractivity contribution in [2.75, 3.05) is 6.61 Å². The average Bonchev–Trinajstić information content (AvgIpc) is 2.28. The van der Waals surface area contributed by atoms with E-state index >= 15 is 0 Å². The van der Waals surface area contributed by atoms with Gasteiger partial charge in [0.15, 0.2) is 11.6 Å². The number of carbonyl (C=O) groups is 1. The Hall–Kier alpha value is -1.65. The van der Waals surface area contributed by atoms with E-state index in [0.29, 0.717) is 5.69 Å². The molecule has 0 bridgehead atoms. The molecule has 20 heavy (non-hydrogen) atoms. The Balaban J connectivity index is 2.61. The van der Waals surface area contributed by atoms with E-state index in [2.05, 4.69) is 4.98 Å². The van der Waals surface area contributed by atoms with Gasteiger partial charge in [-0.15, -0.1) is 0 Å². The number of rotatable bonds is 5. The van der Waals surface area contributed by atoms with Crippen molar-refractivity contribution in [1.82, 2.24) is 4.98 Å². The van der Waals surface area contributed by atoms with Gasteiger partial charge in [0, 0.05) is 6.20 Å². The molecule has 0 unspecified atom stereocenters. The Morgan fingerprint density at radius 2 is 2.05 bits per heavy atom. The minimum atomic E-state index is -0.528. The zero-order chi connectivity index (χ0) is 15.3. The van der Waals surface area contributed by atoms with E-state index in [0.717, 1.165) is 0 Å². The van der Waals surface area contributed by atoms with Crippen LogP contribution in [-0.2, 0) is 9.53 Å². The van der Waals surface area contributed by atoms with Gasteiger partial charge in [-0.1, -0.05) is 13.8 Å². The first kappa shape index (κ1) is 16.4. The van der Waals surface area contributed by atoms with Crippen LogP contribution < -0.4 is 4.74 Å². The molecule has 1 rings (SSSR count). The highest BCUT2D eigenvalue weighted by Gasteiger charge is 2.18. The summed E-state index contributed by atoms with van der Waals surface area (Å²) in [7, 11) is 0. The maximum absolute atomic E-state index is 13.7. The lowest BCUT2D eigenvalue weighted by Crippen LogP contribution is -2.25. The maximum atomic E-state index is 13.7. The van der Waals surface area contributed by atoms with Gasteiger partial charge in [0.05, 0.1) is 18.7 Å². The van der Waals surface area contributed by atoms with E-state index in [1.807, 2.05) is 13.8 Å². The van der Waals surface area contributed by atoms with Gasteiger partial charge in [0.25, 0.3) is 0 Å². The molecule has 0 amide bonds. The van der Waals surface area contributed by atoms with E-state index in [-0.39, 0.29) is 30.7 Å². The van der Waals surface area contributed by atoms with Crippen molar-refractivity contribution in [3.63, 3.8) is 0 Å². The van der Waals surface area contributed by atoms with Gasteiger partial charge in [-0.25, -0.2) is 4.39 Å². The Morgan fingerprint density at radius 3 is 2.60 bits per heavy atom. The smallest absolute Gasteiger partial charge is 0.309 e. The summed E-state index contributed by atoms with van der Waals surface area (Å²) in [5.41, 5.74) is 0.0221. The molecule has 0 N–H and O–H groups in total. The summed E-state index contributed by atoms with van der Waals surface area (Å²) in [6.45, 7) is 9.26. The molecule has 0 aliphatic heterocycles. The lowest BCUT2D eigenvalue weighted by molar-refractivity contribution is -0.155. The summed E-state index contributed by atoms with van der Waals surface area (Å²) < 4.78 is 24.3. The van der Waals surface area contributed by atoms with Crippen LogP contribution in [-0.4, -0.2) is 23.2 Å². The second-order valence-corrected chi connectivity index (χ2v) is 5.85. The van der Waals surface area contributed by atoms with Crippen LogP contribution >= 0.6 is 0 Å². The van der Waals surface area contributed by atoms with Crippen molar-refractivity contribution in [3.05, 3.63) is 23.8 Å². The lowest BCUT2D eigenvalue weighted by Gasteiger charge is -2.19. The number of hydrogen-bond donors (Lipinski definition) is 0. The van der Waals surface area contributed by atoms with Gasteiger partial charge in [-0.05, 0) is 32.8 Å². The molecular weight excluding hydrogens is 261 g/mol. The first-order chi connectivity index (χ1) is 9.20. The van der Waals surface area contributed by atoms with Gasteiger partial charge < -0.3 is 9.47 Å². The summed E-state index contributed by atoms with van der Waals surface area (Å²) in [6.07, 6.45) is 1.48. The number of hydrogen-bond acceptors (Lipinski definition) is 4. The molecule has 1 aromatic heterocycles. The fraction of sp³-hybridized carbons (Fsp3) is 0.600. The predicted molar refractivity (Wildman–Crippen MR) is 74.2 cm³/mol. The van der Waals surface area contributed by atoms with Gasteiger partial charge in [0.2, 0.25) is 0 Å². The van der Waals surface area contributed by atoms with Gasteiger partial charge in [-0.2, -0.15) is 0 Å². The Morgan fingerprint density at radius 1 is 1.40 bits per heavy atom. The number of carbonyl (C=O) groups excluding carboxylic acids is 1. The topological polar surface area (TPSA) is 48.4 Å². The summed E-state index contributed by atoms with van der Waals surface area (Å²) in [6, 6.07) is 1.24. The minimum Gasteiger partial charge on any atom is -0.488 e. The fourth-order valence-electron chi connectivity index (χ4n) is 1.62. The van der Waals surface area contributed by atoms with Gasteiger partial charge in [-0.3, -0.25) is 9.78 Å². The van der Waals surface area contributed by atoms with Crippen LogP contribution in [0.25, 0.3) is 0 Å². The molecule has 0 saturated carbocycles. The normalized spacial score (nSPS) is 11.6. The second kappa shape index (κ2) is 6.68. The SMILES string of the molecule is CC(C)c1nccc(F)c1OCCC(=O)OC(C)(C)C. The summed E-state index contributed by atoms with van der Waals surface area (Å²) >= 11 is 0. The van der Waals surface area contributed by atoms with Crippen molar-refractivity contribution < 1.29 is 18.7 Å². The van der Waals surface area contributed by atoms with Crippen molar-refractivity contribution in [2.24, 2.45) is 0 Å². The number of halogens is 1. The van der Waals surface area contributed by atoms with Crippen LogP contribution in [0, 0.1) is 5.82 Å². The van der Waals surface area contributed by atoms with E-state index in [9.17, 15) is 9.18 Å². The zero-order valence-corrected chi connectivity index (χ0v) is 12.7. The van der Waals surface area contributed by atoms with Crippen LogP contribution in [0.4, 0.5) is 4.39 Å². The molecule has 4 nitrogen and oxygen atoms in total. The first-order valence-corrected chi connectivity index (χ1v) is 6.69. The number of nitrogens with zero attached hydrogens (tertiary/aromatic N) is 1. The van der Waals surface area contributed by atoms with E-state index in [1.54, 1.807) is 20.8 Å². The molecule has 1 aromatic rings. The molecular formula is C15H22FNO3. The van der Waals surface area contributed by atoms with Crippen molar-refractivity contribution in [2.45, 2.75) is 52.6 Å². The Labute approximate surface area is 119 Å². The summed E-state index contributed by atoms with van der Waals surface area (Å²) in [4.78, 5) is 15.7. The predicted octanol–water partition coefficient (Wildman–Crippen LogP) is 3.45. The third-order valence-electron chi connectivity index (χ3n) is 2.40. The van der Waals surface area contributed by atoms with Gasteiger partial charge in [0.1, 0.15) is 5.60 Å². The molecule has 0 aliphatic carbocycles.